The van der Waals surface area contributed by atoms with E-state index in [-0.39, 0.29) is 5.97 Å². The van der Waals surface area contributed by atoms with Crippen molar-refractivity contribution in [3.8, 4) is 5.69 Å². The molecule has 0 fully saturated rings. The second-order valence-electron chi connectivity index (χ2n) is 4.72. The third kappa shape index (κ3) is 2.37. The molecule has 1 aromatic carbocycles. The van der Waals surface area contributed by atoms with Crippen LogP contribution < -0.4 is 5.73 Å². The van der Waals surface area contributed by atoms with Crippen molar-refractivity contribution < 1.29 is 9.53 Å². The summed E-state index contributed by atoms with van der Waals surface area (Å²) < 4.78 is 6.64. The maximum atomic E-state index is 11.8. The number of carbonyl (C=O) groups is 1. The van der Waals surface area contributed by atoms with Crippen molar-refractivity contribution in [3.05, 3.63) is 41.9 Å². The van der Waals surface area contributed by atoms with Gasteiger partial charge in [0.05, 0.1) is 29.4 Å². The first-order valence-corrected chi connectivity index (χ1v) is 6.85. The van der Waals surface area contributed by atoms with Gasteiger partial charge in [-0.15, -0.1) is 0 Å². The summed E-state index contributed by atoms with van der Waals surface area (Å²) in [4.78, 5) is 20.3. The molecule has 0 aliphatic rings. The molecule has 0 aliphatic carbocycles. The van der Waals surface area contributed by atoms with E-state index in [9.17, 15) is 4.79 Å². The number of carbonyl (C=O) groups excluding carboxylic acids is 1. The fraction of sp³-hybridized carbons (Fsp3) is 0.200. The largest absolute Gasteiger partial charge is 0.462 e. The molecular formula is C15H15N5O2. The summed E-state index contributed by atoms with van der Waals surface area (Å²) in [6, 6.07) is 7.01. The molecule has 0 saturated carbocycles. The fourth-order valence-corrected chi connectivity index (χ4v) is 2.21. The number of aryl methyl sites for hydroxylation is 1. The Labute approximate surface area is 126 Å². The monoisotopic (exact) mass is 297 g/mol. The number of esters is 1. The number of aromatic nitrogens is 4. The fourth-order valence-electron chi connectivity index (χ4n) is 2.21. The molecule has 0 bridgehead atoms. The number of fused-ring (bicyclic) bond motifs is 1. The minimum Gasteiger partial charge on any atom is -0.462 e. The molecule has 2 heterocycles. The van der Waals surface area contributed by atoms with E-state index in [1.807, 2.05) is 6.07 Å². The highest BCUT2D eigenvalue weighted by Crippen LogP contribution is 2.21. The summed E-state index contributed by atoms with van der Waals surface area (Å²) >= 11 is 0. The lowest BCUT2D eigenvalue weighted by molar-refractivity contribution is 0.0526. The molecule has 2 aromatic heterocycles. The predicted molar refractivity (Wildman–Crippen MR) is 81.8 cm³/mol. The molecule has 0 unspecified atom stereocenters. The molecule has 7 nitrogen and oxygen atoms in total. The summed E-state index contributed by atoms with van der Waals surface area (Å²) in [5.41, 5.74) is 7.66. The van der Waals surface area contributed by atoms with Gasteiger partial charge in [-0.25, -0.2) is 19.4 Å². The molecule has 7 heteroatoms. The van der Waals surface area contributed by atoms with Crippen molar-refractivity contribution in [2.75, 3.05) is 12.3 Å². The maximum Gasteiger partial charge on any atom is 0.338 e. The molecule has 0 saturated heterocycles. The quantitative estimate of drug-likeness (QED) is 0.741. The number of nitrogens with two attached hydrogens (primary N) is 1. The number of hydrogen-bond donors (Lipinski definition) is 1. The van der Waals surface area contributed by atoms with Crippen molar-refractivity contribution in [2.24, 2.45) is 0 Å². The van der Waals surface area contributed by atoms with E-state index in [4.69, 9.17) is 10.5 Å². The van der Waals surface area contributed by atoms with Crippen LogP contribution >= 0.6 is 0 Å². The van der Waals surface area contributed by atoms with Crippen LogP contribution in [-0.4, -0.2) is 32.3 Å². The van der Waals surface area contributed by atoms with Gasteiger partial charge in [-0.1, -0.05) is 6.07 Å². The SMILES string of the molecule is CCOC(=O)c1cccc(-n2ncc3c(N)nc(C)nc32)c1. The zero-order chi connectivity index (χ0) is 15.7. The van der Waals surface area contributed by atoms with Crippen LogP contribution in [0.4, 0.5) is 5.82 Å². The normalized spacial score (nSPS) is 10.8. The second-order valence-corrected chi connectivity index (χ2v) is 4.72. The standard InChI is InChI=1S/C15H15N5O2/c1-3-22-15(21)10-5-4-6-11(7-10)20-14-12(8-17-20)13(16)18-9(2)19-14/h4-8H,3H2,1-2H3,(H2,16,18,19). The Balaban J connectivity index is 2.12. The Hall–Kier alpha value is -2.96. The minimum atomic E-state index is -0.369. The van der Waals surface area contributed by atoms with Crippen LogP contribution in [-0.2, 0) is 4.74 Å². The van der Waals surface area contributed by atoms with E-state index in [1.54, 1.807) is 42.9 Å². The summed E-state index contributed by atoms with van der Waals surface area (Å²) in [6.07, 6.45) is 1.61. The van der Waals surface area contributed by atoms with Crippen LogP contribution in [0.5, 0.6) is 0 Å². The highest BCUT2D eigenvalue weighted by atomic mass is 16.5. The molecule has 22 heavy (non-hydrogen) atoms. The Bertz CT molecular complexity index is 856. The molecule has 0 spiro atoms. The first-order valence-electron chi connectivity index (χ1n) is 6.85. The Kier molecular flexibility index (Phi) is 3.46. The molecule has 0 amide bonds. The van der Waals surface area contributed by atoms with Gasteiger partial charge < -0.3 is 10.5 Å². The zero-order valence-electron chi connectivity index (χ0n) is 12.3. The molecule has 3 rings (SSSR count). The van der Waals surface area contributed by atoms with Crippen molar-refractivity contribution in [1.82, 2.24) is 19.7 Å². The third-order valence-corrected chi connectivity index (χ3v) is 3.17. The maximum absolute atomic E-state index is 11.8. The molecule has 0 radical (unpaired) electrons. The summed E-state index contributed by atoms with van der Waals surface area (Å²) in [6.45, 7) is 3.87. The lowest BCUT2D eigenvalue weighted by Crippen LogP contribution is -2.06. The average Bonchev–Trinajstić information content (AvgIpc) is 2.91. The van der Waals surface area contributed by atoms with Gasteiger partial charge in [-0.2, -0.15) is 5.10 Å². The van der Waals surface area contributed by atoms with Crippen LogP contribution in [0, 0.1) is 6.92 Å². The Morgan fingerprint density at radius 3 is 2.95 bits per heavy atom. The topological polar surface area (TPSA) is 95.9 Å². The lowest BCUT2D eigenvalue weighted by atomic mass is 10.2. The molecule has 2 N–H and O–H groups in total. The van der Waals surface area contributed by atoms with Crippen LogP contribution in [0.15, 0.2) is 30.5 Å². The van der Waals surface area contributed by atoms with Gasteiger partial charge in [0.1, 0.15) is 11.6 Å². The number of nitrogen functional groups attached to an aromatic ring is 1. The van der Waals surface area contributed by atoms with Gasteiger partial charge >= 0.3 is 5.97 Å². The summed E-state index contributed by atoms with van der Waals surface area (Å²) in [7, 11) is 0. The van der Waals surface area contributed by atoms with Crippen LogP contribution in [0.3, 0.4) is 0 Å². The predicted octanol–water partition coefficient (Wildman–Crippen LogP) is 1.88. The first kappa shape index (κ1) is 14.0. The van der Waals surface area contributed by atoms with Gasteiger partial charge in [0.15, 0.2) is 5.65 Å². The molecule has 0 atom stereocenters. The van der Waals surface area contributed by atoms with Crippen molar-refractivity contribution in [3.63, 3.8) is 0 Å². The number of anilines is 1. The molecule has 0 aliphatic heterocycles. The number of hydrogen-bond acceptors (Lipinski definition) is 6. The van der Waals surface area contributed by atoms with Crippen molar-refractivity contribution in [1.29, 1.82) is 0 Å². The summed E-state index contributed by atoms with van der Waals surface area (Å²) in [5, 5.41) is 4.97. The zero-order valence-corrected chi connectivity index (χ0v) is 12.3. The first-order chi connectivity index (χ1) is 10.6. The average molecular weight is 297 g/mol. The van der Waals surface area contributed by atoms with Gasteiger partial charge in [0.25, 0.3) is 0 Å². The Morgan fingerprint density at radius 1 is 1.36 bits per heavy atom. The molecule has 3 aromatic rings. The number of rotatable bonds is 3. The second kappa shape index (κ2) is 5.44. The van der Waals surface area contributed by atoms with E-state index in [1.165, 1.54) is 0 Å². The number of ether oxygens (including phenoxy) is 1. The highest BCUT2D eigenvalue weighted by Gasteiger charge is 2.13. The molecule has 112 valence electrons. The van der Waals surface area contributed by atoms with Crippen LogP contribution in [0.25, 0.3) is 16.7 Å². The van der Waals surface area contributed by atoms with Gasteiger partial charge in [-0.05, 0) is 32.0 Å². The van der Waals surface area contributed by atoms with Crippen molar-refractivity contribution in [2.45, 2.75) is 13.8 Å². The van der Waals surface area contributed by atoms with Crippen LogP contribution in [0.1, 0.15) is 23.1 Å². The van der Waals surface area contributed by atoms with Gasteiger partial charge in [0.2, 0.25) is 0 Å². The number of benzene rings is 1. The smallest absolute Gasteiger partial charge is 0.338 e. The van der Waals surface area contributed by atoms with Gasteiger partial charge in [0, 0.05) is 0 Å². The van der Waals surface area contributed by atoms with E-state index >= 15 is 0 Å². The summed E-state index contributed by atoms with van der Waals surface area (Å²) in [5.74, 6) is 0.578. The van der Waals surface area contributed by atoms with E-state index in [0.29, 0.717) is 40.5 Å². The van der Waals surface area contributed by atoms with E-state index in [2.05, 4.69) is 15.1 Å². The third-order valence-electron chi connectivity index (χ3n) is 3.17. The van der Waals surface area contributed by atoms with Crippen LogP contribution in [0.2, 0.25) is 0 Å². The van der Waals surface area contributed by atoms with E-state index in [0.717, 1.165) is 0 Å². The lowest BCUT2D eigenvalue weighted by Gasteiger charge is -2.06. The highest BCUT2D eigenvalue weighted by molar-refractivity contribution is 5.90. The Morgan fingerprint density at radius 2 is 2.18 bits per heavy atom. The van der Waals surface area contributed by atoms with E-state index < -0.39 is 0 Å². The van der Waals surface area contributed by atoms with Crippen molar-refractivity contribution >= 4 is 22.8 Å². The molecular weight excluding hydrogens is 282 g/mol. The minimum absolute atomic E-state index is 0.330. The van der Waals surface area contributed by atoms with Gasteiger partial charge in [-0.3, -0.25) is 0 Å². The number of nitrogens with zero attached hydrogens (tertiary/aromatic N) is 4.